The van der Waals surface area contributed by atoms with Crippen molar-refractivity contribution in [1.82, 2.24) is 9.97 Å². The Bertz CT molecular complexity index is 1100. The highest BCUT2D eigenvalue weighted by Gasteiger charge is 2.10. The molecule has 2 N–H and O–H groups in total. The van der Waals surface area contributed by atoms with Crippen LogP contribution in [0.2, 0.25) is 0 Å². The molecule has 4 aromatic rings. The van der Waals surface area contributed by atoms with Crippen molar-refractivity contribution in [2.45, 2.75) is 0 Å². The molecule has 140 valence electrons. The number of nitrogens with one attached hydrogen (secondary N) is 2. The number of nitrogens with zero attached hydrogens (tertiary/aromatic N) is 2. The van der Waals surface area contributed by atoms with Crippen molar-refractivity contribution in [3.8, 4) is 11.5 Å². The van der Waals surface area contributed by atoms with Gasteiger partial charge in [-0.25, -0.2) is 4.98 Å². The molecule has 0 unspecified atom stereocenters. The van der Waals surface area contributed by atoms with Gasteiger partial charge in [0.1, 0.15) is 17.3 Å². The second-order valence-electron chi connectivity index (χ2n) is 6.09. The van der Waals surface area contributed by atoms with Crippen molar-refractivity contribution in [3.63, 3.8) is 0 Å². The molecule has 0 radical (unpaired) electrons. The van der Waals surface area contributed by atoms with Crippen LogP contribution in [0, 0.1) is 0 Å². The molecule has 0 aliphatic heterocycles. The number of methoxy groups -OCH3 is 2. The standard InChI is InChI=1S/C22H20N4O2/c1-27-16-13-11-15(12-14-16)23-21-17-7-3-4-8-18(17)24-22(26-21)25-19-9-5-6-10-20(19)28-2/h3-14H,1-2H3,(H2,23,24,25,26). The lowest BCUT2D eigenvalue weighted by Crippen LogP contribution is -2.03. The molecular weight excluding hydrogens is 352 g/mol. The highest BCUT2D eigenvalue weighted by molar-refractivity contribution is 5.92. The molecule has 6 nitrogen and oxygen atoms in total. The zero-order valence-corrected chi connectivity index (χ0v) is 15.6. The highest BCUT2D eigenvalue weighted by atomic mass is 16.5. The molecule has 0 fully saturated rings. The molecule has 0 amide bonds. The quantitative estimate of drug-likeness (QED) is 0.489. The van der Waals surface area contributed by atoms with Gasteiger partial charge in [0, 0.05) is 11.1 Å². The van der Waals surface area contributed by atoms with Gasteiger partial charge in [0.15, 0.2) is 0 Å². The van der Waals surface area contributed by atoms with Crippen molar-refractivity contribution < 1.29 is 9.47 Å². The van der Waals surface area contributed by atoms with Crippen molar-refractivity contribution in [3.05, 3.63) is 72.8 Å². The van der Waals surface area contributed by atoms with Crippen LogP contribution in [0.5, 0.6) is 11.5 Å². The van der Waals surface area contributed by atoms with Crippen LogP contribution in [0.4, 0.5) is 23.1 Å². The lowest BCUT2D eigenvalue weighted by molar-refractivity contribution is 0.415. The number of fused-ring (bicyclic) bond motifs is 1. The number of para-hydroxylation sites is 3. The number of anilines is 4. The number of ether oxygens (including phenoxy) is 2. The highest BCUT2D eigenvalue weighted by Crippen LogP contribution is 2.29. The maximum Gasteiger partial charge on any atom is 0.229 e. The average Bonchev–Trinajstić information content (AvgIpc) is 2.75. The van der Waals surface area contributed by atoms with E-state index < -0.39 is 0 Å². The first-order valence-electron chi connectivity index (χ1n) is 8.85. The summed E-state index contributed by atoms with van der Waals surface area (Å²) in [7, 11) is 3.29. The van der Waals surface area contributed by atoms with E-state index in [2.05, 4.69) is 20.6 Å². The summed E-state index contributed by atoms with van der Waals surface area (Å²) < 4.78 is 10.6. The molecule has 3 aromatic carbocycles. The summed E-state index contributed by atoms with van der Waals surface area (Å²) in [6.07, 6.45) is 0. The zero-order valence-electron chi connectivity index (χ0n) is 15.6. The molecule has 6 heteroatoms. The van der Waals surface area contributed by atoms with Gasteiger partial charge >= 0.3 is 0 Å². The molecule has 1 heterocycles. The lowest BCUT2D eigenvalue weighted by Gasteiger charge is -2.13. The Morgan fingerprint density at radius 3 is 2.25 bits per heavy atom. The van der Waals surface area contributed by atoms with E-state index in [9.17, 15) is 0 Å². The number of aromatic nitrogens is 2. The van der Waals surface area contributed by atoms with Gasteiger partial charge in [-0.1, -0.05) is 24.3 Å². The largest absolute Gasteiger partial charge is 0.497 e. The second-order valence-corrected chi connectivity index (χ2v) is 6.09. The predicted molar refractivity (Wildman–Crippen MR) is 112 cm³/mol. The van der Waals surface area contributed by atoms with Gasteiger partial charge < -0.3 is 20.1 Å². The summed E-state index contributed by atoms with van der Waals surface area (Å²) >= 11 is 0. The minimum absolute atomic E-state index is 0.485. The Balaban J connectivity index is 1.72. The first-order chi connectivity index (χ1) is 13.8. The summed E-state index contributed by atoms with van der Waals surface area (Å²) in [5, 5.41) is 7.56. The smallest absolute Gasteiger partial charge is 0.229 e. The van der Waals surface area contributed by atoms with Gasteiger partial charge in [0.25, 0.3) is 0 Å². The van der Waals surface area contributed by atoms with Crippen LogP contribution in [0.15, 0.2) is 72.8 Å². The van der Waals surface area contributed by atoms with Crippen LogP contribution in [-0.2, 0) is 0 Å². The van der Waals surface area contributed by atoms with Crippen molar-refractivity contribution >= 4 is 34.0 Å². The van der Waals surface area contributed by atoms with Gasteiger partial charge in [-0.15, -0.1) is 0 Å². The molecule has 0 spiro atoms. The van der Waals surface area contributed by atoms with Crippen molar-refractivity contribution in [2.75, 3.05) is 24.9 Å². The van der Waals surface area contributed by atoms with E-state index in [0.717, 1.165) is 33.8 Å². The lowest BCUT2D eigenvalue weighted by atomic mass is 10.2. The Morgan fingerprint density at radius 2 is 1.46 bits per heavy atom. The summed E-state index contributed by atoms with van der Waals surface area (Å²) in [5.41, 5.74) is 2.55. The molecule has 0 saturated heterocycles. The minimum atomic E-state index is 0.485. The Kier molecular flexibility index (Phi) is 4.93. The summed E-state index contributed by atoms with van der Waals surface area (Å²) in [6, 6.07) is 23.2. The van der Waals surface area contributed by atoms with Crippen LogP contribution in [0.25, 0.3) is 10.9 Å². The molecule has 0 aliphatic rings. The van der Waals surface area contributed by atoms with Crippen LogP contribution in [0.1, 0.15) is 0 Å². The normalized spacial score (nSPS) is 10.5. The summed E-state index contributed by atoms with van der Waals surface area (Å²) in [4.78, 5) is 9.33. The van der Waals surface area contributed by atoms with Crippen molar-refractivity contribution in [2.24, 2.45) is 0 Å². The van der Waals surface area contributed by atoms with E-state index in [1.165, 1.54) is 0 Å². The molecule has 0 atom stereocenters. The Morgan fingerprint density at radius 1 is 0.714 bits per heavy atom. The molecule has 28 heavy (non-hydrogen) atoms. The van der Waals surface area contributed by atoms with Gasteiger partial charge in [0.05, 0.1) is 25.4 Å². The van der Waals surface area contributed by atoms with Crippen LogP contribution < -0.4 is 20.1 Å². The fraction of sp³-hybridized carbons (Fsp3) is 0.0909. The summed E-state index contributed by atoms with van der Waals surface area (Å²) in [6.45, 7) is 0. The predicted octanol–water partition coefficient (Wildman–Crippen LogP) is 5.13. The molecule has 4 rings (SSSR count). The first-order valence-corrected chi connectivity index (χ1v) is 8.85. The van der Waals surface area contributed by atoms with Gasteiger partial charge in [0.2, 0.25) is 5.95 Å². The third-order valence-electron chi connectivity index (χ3n) is 4.31. The van der Waals surface area contributed by atoms with E-state index in [1.807, 2.05) is 72.8 Å². The molecule has 0 bridgehead atoms. The monoisotopic (exact) mass is 372 g/mol. The number of hydrogen-bond acceptors (Lipinski definition) is 6. The van der Waals surface area contributed by atoms with Crippen LogP contribution in [-0.4, -0.2) is 24.2 Å². The third kappa shape index (κ3) is 3.66. The number of rotatable bonds is 6. The maximum atomic E-state index is 5.41. The maximum absolute atomic E-state index is 5.41. The van der Waals surface area contributed by atoms with E-state index in [1.54, 1.807) is 14.2 Å². The first kappa shape index (κ1) is 17.6. The molecular formula is C22H20N4O2. The third-order valence-corrected chi connectivity index (χ3v) is 4.31. The second kappa shape index (κ2) is 7.84. The van der Waals surface area contributed by atoms with Gasteiger partial charge in [-0.3, -0.25) is 0 Å². The minimum Gasteiger partial charge on any atom is -0.497 e. The summed E-state index contributed by atoms with van der Waals surface area (Å²) in [5.74, 6) is 2.73. The van der Waals surface area contributed by atoms with E-state index in [4.69, 9.17) is 9.47 Å². The van der Waals surface area contributed by atoms with Gasteiger partial charge in [-0.05, 0) is 48.5 Å². The SMILES string of the molecule is COc1ccc(Nc2nc(Nc3ccccc3OC)nc3ccccc23)cc1. The fourth-order valence-electron chi connectivity index (χ4n) is 2.91. The van der Waals surface area contributed by atoms with E-state index >= 15 is 0 Å². The number of benzene rings is 3. The fourth-order valence-corrected chi connectivity index (χ4v) is 2.91. The molecule has 0 aliphatic carbocycles. The van der Waals surface area contributed by atoms with Crippen molar-refractivity contribution in [1.29, 1.82) is 0 Å². The topological polar surface area (TPSA) is 68.3 Å². The Labute approximate surface area is 163 Å². The van der Waals surface area contributed by atoms with E-state index in [-0.39, 0.29) is 0 Å². The number of hydrogen-bond donors (Lipinski definition) is 2. The molecule has 1 aromatic heterocycles. The molecule has 0 saturated carbocycles. The average molecular weight is 372 g/mol. The van der Waals surface area contributed by atoms with Gasteiger partial charge in [-0.2, -0.15) is 4.98 Å². The van der Waals surface area contributed by atoms with Crippen LogP contribution >= 0.6 is 0 Å². The van der Waals surface area contributed by atoms with Crippen LogP contribution in [0.3, 0.4) is 0 Å². The zero-order chi connectivity index (χ0) is 19.3. The Hall–Kier alpha value is -3.80. The van der Waals surface area contributed by atoms with E-state index in [0.29, 0.717) is 11.8 Å².